The van der Waals surface area contributed by atoms with Gasteiger partial charge in [0, 0.05) is 38.1 Å². The molecule has 0 aromatic carbocycles. The lowest BCUT2D eigenvalue weighted by Gasteiger charge is -2.44. The van der Waals surface area contributed by atoms with Crippen molar-refractivity contribution < 1.29 is 13.2 Å². The van der Waals surface area contributed by atoms with Crippen LogP contribution in [0.2, 0.25) is 0 Å². The van der Waals surface area contributed by atoms with E-state index in [-0.39, 0.29) is 29.5 Å². The summed E-state index contributed by atoms with van der Waals surface area (Å²) in [6.07, 6.45) is 3.88. The van der Waals surface area contributed by atoms with Crippen LogP contribution in [-0.4, -0.2) is 65.8 Å². The van der Waals surface area contributed by atoms with E-state index >= 15 is 0 Å². The van der Waals surface area contributed by atoms with Crippen molar-refractivity contribution in [3.63, 3.8) is 0 Å². The number of aromatic nitrogens is 1. The molecule has 138 valence electrons. The summed E-state index contributed by atoms with van der Waals surface area (Å²) in [5.41, 5.74) is 2.06. The quantitative estimate of drug-likeness (QED) is 0.783. The minimum absolute atomic E-state index is 0.0246. The molecule has 2 saturated heterocycles. The second kappa shape index (κ2) is 7.09. The van der Waals surface area contributed by atoms with Gasteiger partial charge in [-0.1, -0.05) is 6.07 Å². The van der Waals surface area contributed by atoms with Crippen LogP contribution in [0.15, 0.2) is 41.4 Å². The lowest BCUT2D eigenvalue weighted by Crippen LogP contribution is -2.60. The highest BCUT2D eigenvalue weighted by Gasteiger charge is 2.47. The van der Waals surface area contributed by atoms with Gasteiger partial charge >= 0.3 is 0 Å². The molecule has 2 aromatic rings. The molecule has 0 saturated carbocycles. The molecule has 26 heavy (non-hydrogen) atoms. The smallest absolute Gasteiger partial charge is 0.227 e. The molecule has 6 nitrogen and oxygen atoms in total. The normalized spacial score (nSPS) is 25.2. The fourth-order valence-electron chi connectivity index (χ4n) is 3.93. The van der Waals surface area contributed by atoms with Crippen LogP contribution in [0.1, 0.15) is 11.1 Å². The molecular formula is C18H21N3O3S2. The summed E-state index contributed by atoms with van der Waals surface area (Å²) < 4.78 is 24.6. The monoisotopic (exact) mass is 391 g/mol. The summed E-state index contributed by atoms with van der Waals surface area (Å²) in [5, 5.41) is 3.93. The summed E-state index contributed by atoms with van der Waals surface area (Å²) in [5.74, 6) is 0.216. The summed E-state index contributed by atoms with van der Waals surface area (Å²) in [6.45, 7) is 1.91. The van der Waals surface area contributed by atoms with E-state index in [0.717, 1.165) is 11.1 Å². The number of carbonyl (C=O) groups is 1. The van der Waals surface area contributed by atoms with E-state index in [1.54, 1.807) is 22.4 Å². The number of piperazine rings is 1. The first kappa shape index (κ1) is 17.6. The predicted octanol–water partition coefficient (Wildman–Crippen LogP) is 1.20. The Kier molecular flexibility index (Phi) is 4.81. The topological polar surface area (TPSA) is 70.6 Å². The summed E-state index contributed by atoms with van der Waals surface area (Å²) >= 11 is 1.57. The van der Waals surface area contributed by atoms with E-state index in [9.17, 15) is 13.2 Å². The molecule has 2 atom stereocenters. The molecular weight excluding hydrogens is 370 g/mol. The van der Waals surface area contributed by atoms with Crippen molar-refractivity contribution in [2.24, 2.45) is 0 Å². The number of hydrogen-bond acceptors (Lipinski definition) is 6. The average molecular weight is 392 g/mol. The minimum Gasteiger partial charge on any atom is -0.336 e. The van der Waals surface area contributed by atoms with Crippen LogP contribution in [0, 0.1) is 0 Å². The number of carbonyl (C=O) groups excluding carboxylic acids is 1. The number of thiophene rings is 1. The maximum absolute atomic E-state index is 12.8. The minimum atomic E-state index is -3.13. The van der Waals surface area contributed by atoms with Crippen LogP contribution in [0.25, 0.3) is 0 Å². The van der Waals surface area contributed by atoms with Gasteiger partial charge in [0.2, 0.25) is 5.91 Å². The summed E-state index contributed by atoms with van der Waals surface area (Å²) in [6, 6.07) is 5.44. The van der Waals surface area contributed by atoms with Gasteiger partial charge in [0.05, 0.1) is 24.0 Å². The molecule has 0 aliphatic carbocycles. The SMILES string of the molecule is O=C(Cc1ccsc1)N1CCN(Cc2cccnc2)C2CS(=O)(=O)CC21. The van der Waals surface area contributed by atoms with Crippen LogP contribution in [0.3, 0.4) is 0 Å². The molecule has 0 radical (unpaired) electrons. The van der Waals surface area contributed by atoms with Crippen molar-refractivity contribution >= 4 is 27.1 Å². The van der Waals surface area contributed by atoms with E-state index in [2.05, 4.69) is 9.88 Å². The number of nitrogens with zero attached hydrogens (tertiary/aromatic N) is 3. The Morgan fingerprint density at radius 2 is 2.04 bits per heavy atom. The second-order valence-corrected chi connectivity index (χ2v) is 9.87. The van der Waals surface area contributed by atoms with Gasteiger partial charge in [0.15, 0.2) is 9.84 Å². The molecule has 2 aromatic heterocycles. The second-order valence-electron chi connectivity index (χ2n) is 6.94. The zero-order chi connectivity index (χ0) is 18.1. The van der Waals surface area contributed by atoms with Gasteiger partial charge in [-0.3, -0.25) is 14.7 Å². The molecule has 4 rings (SSSR count). The Morgan fingerprint density at radius 1 is 1.19 bits per heavy atom. The Bertz CT molecular complexity index is 868. The summed E-state index contributed by atoms with van der Waals surface area (Å²) in [7, 11) is -3.13. The van der Waals surface area contributed by atoms with E-state index in [4.69, 9.17) is 0 Å². The Labute approximate surface area is 157 Å². The zero-order valence-corrected chi connectivity index (χ0v) is 16.0. The van der Waals surface area contributed by atoms with Crippen molar-refractivity contribution in [1.29, 1.82) is 0 Å². The van der Waals surface area contributed by atoms with E-state index in [0.29, 0.717) is 26.1 Å². The van der Waals surface area contributed by atoms with Gasteiger partial charge in [0.25, 0.3) is 0 Å². The van der Waals surface area contributed by atoms with Gasteiger partial charge in [-0.15, -0.1) is 0 Å². The molecule has 8 heteroatoms. The van der Waals surface area contributed by atoms with E-state index in [1.165, 1.54) is 0 Å². The van der Waals surface area contributed by atoms with Gasteiger partial charge in [-0.2, -0.15) is 11.3 Å². The van der Waals surface area contributed by atoms with Crippen LogP contribution in [-0.2, 0) is 27.6 Å². The molecule has 0 bridgehead atoms. The number of sulfone groups is 1. The van der Waals surface area contributed by atoms with Gasteiger partial charge in [-0.25, -0.2) is 8.42 Å². The van der Waals surface area contributed by atoms with Crippen molar-refractivity contribution in [2.45, 2.75) is 25.0 Å². The van der Waals surface area contributed by atoms with Gasteiger partial charge < -0.3 is 4.90 Å². The Morgan fingerprint density at radius 3 is 2.77 bits per heavy atom. The van der Waals surface area contributed by atoms with Crippen molar-refractivity contribution in [3.8, 4) is 0 Å². The first-order valence-electron chi connectivity index (χ1n) is 8.66. The van der Waals surface area contributed by atoms with Crippen molar-refractivity contribution in [2.75, 3.05) is 24.6 Å². The number of rotatable bonds is 4. The largest absolute Gasteiger partial charge is 0.336 e. The lowest BCUT2D eigenvalue weighted by atomic mass is 10.0. The third kappa shape index (κ3) is 3.67. The van der Waals surface area contributed by atoms with Crippen molar-refractivity contribution in [3.05, 3.63) is 52.5 Å². The average Bonchev–Trinajstić information content (AvgIpc) is 3.22. The first-order valence-corrected chi connectivity index (χ1v) is 11.4. The van der Waals surface area contributed by atoms with E-state index in [1.807, 2.05) is 35.2 Å². The van der Waals surface area contributed by atoms with Gasteiger partial charge in [0.1, 0.15) is 0 Å². The van der Waals surface area contributed by atoms with Crippen LogP contribution < -0.4 is 0 Å². The molecule has 0 N–H and O–H groups in total. The van der Waals surface area contributed by atoms with Crippen LogP contribution >= 0.6 is 11.3 Å². The fourth-order valence-corrected chi connectivity index (χ4v) is 6.61. The number of fused-ring (bicyclic) bond motifs is 1. The molecule has 2 aliphatic heterocycles. The predicted molar refractivity (Wildman–Crippen MR) is 101 cm³/mol. The highest BCUT2D eigenvalue weighted by atomic mass is 32.2. The number of pyridine rings is 1. The maximum atomic E-state index is 12.8. The third-order valence-electron chi connectivity index (χ3n) is 5.16. The fraction of sp³-hybridized carbons (Fsp3) is 0.444. The number of amides is 1. The lowest BCUT2D eigenvalue weighted by molar-refractivity contribution is -0.136. The Balaban J connectivity index is 1.53. The molecule has 2 unspecified atom stereocenters. The molecule has 2 fully saturated rings. The van der Waals surface area contributed by atoms with Gasteiger partial charge in [-0.05, 0) is 34.0 Å². The highest BCUT2D eigenvalue weighted by Crippen LogP contribution is 2.28. The molecule has 4 heterocycles. The summed E-state index contributed by atoms with van der Waals surface area (Å²) in [4.78, 5) is 20.9. The highest BCUT2D eigenvalue weighted by molar-refractivity contribution is 7.91. The number of hydrogen-bond donors (Lipinski definition) is 0. The van der Waals surface area contributed by atoms with E-state index < -0.39 is 9.84 Å². The molecule has 0 spiro atoms. The first-order chi connectivity index (χ1) is 12.5. The van der Waals surface area contributed by atoms with Crippen molar-refractivity contribution in [1.82, 2.24) is 14.8 Å². The molecule has 2 aliphatic rings. The Hall–Kier alpha value is -1.77. The van der Waals surface area contributed by atoms with Crippen LogP contribution in [0.4, 0.5) is 0 Å². The zero-order valence-electron chi connectivity index (χ0n) is 14.3. The standard InChI is InChI=1S/C18H21N3O3S2/c22-18(8-14-3-7-25-11-14)21-6-5-20(10-15-2-1-4-19-9-15)16-12-26(23,24)13-17(16)21/h1-4,7,9,11,16-17H,5-6,8,10,12-13H2. The maximum Gasteiger partial charge on any atom is 0.227 e. The third-order valence-corrected chi connectivity index (χ3v) is 7.59. The molecule has 1 amide bonds. The van der Waals surface area contributed by atoms with Crippen LogP contribution in [0.5, 0.6) is 0 Å².